The van der Waals surface area contributed by atoms with Gasteiger partial charge in [0.2, 0.25) is 5.78 Å². The Labute approximate surface area is 195 Å². The minimum absolute atomic E-state index is 0.0241. The third-order valence-corrected chi connectivity index (χ3v) is 7.41. The summed E-state index contributed by atoms with van der Waals surface area (Å²) in [6.07, 6.45) is 7.29. The highest BCUT2D eigenvalue weighted by atomic mass is 32.2. The van der Waals surface area contributed by atoms with E-state index in [2.05, 4.69) is 19.2 Å². The highest BCUT2D eigenvalue weighted by Gasteiger charge is 2.35. The molecule has 3 aromatic rings. The molecular weight excluding hydrogens is 466 g/mol. The molecule has 0 aromatic carbocycles. The molecule has 0 amide bonds. The summed E-state index contributed by atoms with van der Waals surface area (Å²) in [5.74, 6) is -0.465. The number of aliphatic hydroxyl groups excluding tert-OH is 1. The molecule has 176 valence electrons. The van der Waals surface area contributed by atoms with E-state index < -0.39 is 16.4 Å². The third-order valence-electron chi connectivity index (χ3n) is 5.86. The molecule has 0 saturated heterocycles. The van der Waals surface area contributed by atoms with Gasteiger partial charge in [0.25, 0.3) is 0 Å². The molecule has 0 unspecified atom stereocenters. The maximum Gasteiger partial charge on any atom is 0.333 e. The summed E-state index contributed by atoms with van der Waals surface area (Å²) in [5, 5.41) is 19.4. The molecule has 0 radical (unpaired) electrons. The summed E-state index contributed by atoms with van der Waals surface area (Å²) in [6, 6.07) is 3.74. The number of hydrogen-bond donors (Lipinski definition) is 2. The second-order valence-electron chi connectivity index (χ2n) is 8.25. The van der Waals surface area contributed by atoms with Gasteiger partial charge in [0, 0.05) is 29.4 Å². The Kier molecular flexibility index (Phi) is 7.00. The van der Waals surface area contributed by atoms with Crippen LogP contribution in [0.1, 0.15) is 44.2 Å². The van der Waals surface area contributed by atoms with E-state index in [1.807, 2.05) is 29.9 Å². The number of nitrogens with zero attached hydrogens (tertiary/aromatic N) is 4. The van der Waals surface area contributed by atoms with E-state index in [0.717, 1.165) is 10.4 Å². The van der Waals surface area contributed by atoms with E-state index in [-0.39, 0.29) is 24.2 Å². The van der Waals surface area contributed by atoms with Crippen LogP contribution < -0.4 is 5.14 Å². The first kappa shape index (κ1) is 23.6. The van der Waals surface area contributed by atoms with E-state index in [0.29, 0.717) is 41.9 Å². The van der Waals surface area contributed by atoms with Crippen LogP contribution in [0.4, 0.5) is 0 Å². The monoisotopic (exact) mass is 491 g/mol. The Morgan fingerprint density at radius 3 is 2.94 bits per heavy atom. The average Bonchev–Trinajstić information content (AvgIpc) is 3.48. The Bertz CT molecular complexity index is 1230. The van der Waals surface area contributed by atoms with Crippen molar-refractivity contribution in [2.24, 2.45) is 17.0 Å². The van der Waals surface area contributed by atoms with Crippen LogP contribution in [-0.2, 0) is 27.5 Å². The second kappa shape index (κ2) is 9.77. The Balaban J connectivity index is 1.47. The lowest BCUT2D eigenvalue weighted by Crippen LogP contribution is -2.24. The Morgan fingerprint density at radius 1 is 1.39 bits per heavy atom. The van der Waals surface area contributed by atoms with Crippen molar-refractivity contribution in [3.8, 4) is 0 Å². The van der Waals surface area contributed by atoms with Crippen LogP contribution in [0.5, 0.6) is 0 Å². The maximum absolute atomic E-state index is 13.3. The average molecular weight is 492 g/mol. The van der Waals surface area contributed by atoms with E-state index in [9.17, 15) is 18.3 Å². The Hall–Kier alpha value is -2.51. The first-order valence-corrected chi connectivity index (χ1v) is 12.7. The topological polar surface area (TPSA) is 150 Å². The predicted octanol–water partition coefficient (Wildman–Crippen LogP) is 1.47. The van der Waals surface area contributed by atoms with E-state index in [1.165, 1.54) is 23.9 Å². The van der Waals surface area contributed by atoms with Gasteiger partial charge >= 0.3 is 10.3 Å². The molecule has 0 spiro atoms. The molecule has 3 N–H and O–H groups in total. The lowest BCUT2D eigenvalue weighted by atomic mass is 9.96. The SMILES string of the molecule is Cc1sc(C(=O)c2cncnc2C[C@@H]2C[C@H](COS(N)(=O)=O)[C@@H](O)C2)cc1Cn1cccn1. The van der Waals surface area contributed by atoms with E-state index in [4.69, 9.17) is 5.14 Å². The van der Waals surface area contributed by atoms with E-state index >= 15 is 0 Å². The fraction of sp³-hybridized carbons (Fsp3) is 0.429. The van der Waals surface area contributed by atoms with Crippen molar-refractivity contribution in [1.29, 1.82) is 0 Å². The van der Waals surface area contributed by atoms with Crippen molar-refractivity contribution in [1.82, 2.24) is 19.7 Å². The number of ketones is 1. The molecule has 3 atom stereocenters. The third kappa shape index (κ3) is 5.89. The number of aryl methyl sites for hydroxylation is 1. The number of rotatable bonds is 9. The molecule has 10 nitrogen and oxygen atoms in total. The number of carbonyl (C=O) groups excluding carboxylic acids is 1. The van der Waals surface area contributed by atoms with Crippen LogP contribution in [-0.4, -0.2) is 51.8 Å². The molecule has 1 saturated carbocycles. The number of aliphatic hydroxyl groups is 1. The molecule has 1 aliphatic carbocycles. The van der Waals surface area contributed by atoms with Gasteiger partial charge in [0.15, 0.2) is 0 Å². The normalized spacial score (nSPS) is 20.9. The molecule has 0 bridgehead atoms. The molecule has 3 heterocycles. The van der Waals surface area contributed by atoms with Crippen molar-refractivity contribution in [2.75, 3.05) is 6.61 Å². The van der Waals surface area contributed by atoms with Gasteiger partial charge in [-0.05, 0) is 49.8 Å². The molecule has 0 aliphatic heterocycles. The van der Waals surface area contributed by atoms with Gasteiger partial charge < -0.3 is 5.11 Å². The summed E-state index contributed by atoms with van der Waals surface area (Å²) in [7, 11) is -4.06. The second-order valence-corrected chi connectivity index (χ2v) is 10.7. The number of carbonyl (C=O) groups is 1. The van der Waals surface area contributed by atoms with Crippen molar-refractivity contribution < 1.29 is 22.5 Å². The first-order chi connectivity index (χ1) is 15.7. The largest absolute Gasteiger partial charge is 0.393 e. The maximum atomic E-state index is 13.3. The minimum atomic E-state index is -4.06. The fourth-order valence-corrected chi connectivity index (χ4v) is 5.57. The van der Waals surface area contributed by atoms with Gasteiger partial charge in [-0.2, -0.15) is 13.5 Å². The van der Waals surface area contributed by atoms with Crippen LogP contribution in [0.3, 0.4) is 0 Å². The van der Waals surface area contributed by atoms with Gasteiger partial charge in [0.05, 0.1) is 35.4 Å². The van der Waals surface area contributed by atoms with Gasteiger partial charge in [0.1, 0.15) is 6.33 Å². The zero-order chi connectivity index (χ0) is 23.6. The molecule has 33 heavy (non-hydrogen) atoms. The van der Waals surface area contributed by atoms with Gasteiger partial charge in [-0.3, -0.25) is 13.7 Å². The lowest BCUT2D eigenvalue weighted by Gasteiger charge is -2.13. The molecule has 1 aliphatic rings. The highest BCUT2D eigenvalue weighted by molar-refractivity contribution is 7.84. The number of hydrogen-bond acceptors (Lipinski definition) is 9. The first-order valence-electron chi connectivity index (χ1n) is 10.4. The van der Waals surface area contributed by atoms with Crippen molar-refractivity contribution in [2.45, 2.75) is 38.8 Å². The molecular formula is C21H25N5O5S2. The van der Waals surface area contributed by atoms with Crippen LogP contribution in [0.25, 0.3) is 0 Å². The van der Waals surface area contributed by atoms with Crippen LogP contribution in [0.2, 0.25) is 0 Å². The van der Waals surface area contributed by atoms with Crippen molar-refractivity contribution in [3.05, 3.63) is 63.6 Å². The van der Waals surface area contributed by atoms with Gasteiger partial charge in [-0.15, -0.1) is 11.3 Å². The number of aromatic nitrogens is 4. The summed E-state index contributed by atoms with van der Waals surface area (Å²) < 4.78 is 28.6. The van der Waals surface area contributed by atoms with Crippen LogP contribution in [0.15, 0.2) is 37.1 Å². The fourth-order valence-electron chi connectivity index (χ4n) is 4.21. The molecule has 4 rings (SSSR count). The summed E-state index contributed by atoms with van der Waals surface area (Å²) in [6.45, 7) is 2.40. The highest BCUT2D eigenvalue weighted by Crippen LogP contribution is 2.35. The summed E-state index contributed by atoms with van der Waals surface area (Å²) >= 11 is 1.43. The number of thiophene rings is 1. The molecule has 1 fully saturated rings. The molecule has 12 heteroatoms. The zero-order valence-corrected chi connectivity index (χ0v) is 19.6. The predicted molar refractivity (Wildman–Crippen MR) is 121 cm³/mol. The standard InChI is InChI=1S/C21H25N5O5S2/c1-13-15(10-26-4-2-3-25-26)8-20(32-13)21(28)17-9-23-12-24-18(17)6-14-5-16(19(27)7-14)11-31-33(22,29)30/h2-4,8-9,12,14,16,19,27H,5-7,10-11H2,1H3,(H2,22,29,30)/t14-,16+,19-/m0/s1. The van der Waals surface area contributed by atoms with Gasteiger partial charge in [-0.1, -0.05) is 0 Å². The lowest BCUT2D eigenvalue weighted by molar-refractivity contribution is 0.100. The van der Waals surface area contributed by atoms with E-state index in [1.54, 1.807) is 6.20 Å². The van der Waals surface area contributed by atoms with Crippen molar-refractivity contribution >= 4 is 27.4 Å². The summed E-state index contributed by atoms with van der Waals surface area (Å²) in [4.78, 5) is 23.4. The smallest absolute Gasteiger partial charge is 0.333 e. The number of nitrogens with two attached hydrogens (primary N) is 1. The zero-order valence-electron chi connectivity index (χ0n) is 18.0. The van der Waals surface area contributed by atoms with Gasteiger partial charge in [-0.25, -0.2) is 15.1 Å². The Morgan fingerprint density at radius 2 is 2.21 bits per heavy atom. The minimum Gasteiger partial charge on any atom is -0.393 e. The quantitative estimate of drug-likeness (QED) is 0.427. The van der Waals surface area contributed by atoms with Crippen molar-refractivity contribution in [3.63, 3.8) is 0 Å². The van der Waals surface area contributed by atoms with Crippen LogP contribution in [0, 0.1) is 18.8 Å². The molecule has 3 aromatic heterocycles. The summed E-state index contributed by atoms with van der Waals surface area (Å²) in [5.41, 5.74) is 2.07. The van der Waals surface area contributed by atoms with Crippen LogP contribution >= 0.6 is 11.3 Å².